The highest BCUT2D eigenvalue weighted by atomic mass is 79.9. The summed E-state index contributed by atoms with van der Waals surface area (Å²) in [5.41, 5.74) is 1.18. The molecule has 0 saturated heterocycles. The first-order valence-corrected chi connectivity index (χ1v) is 7.45. The number of hydrogen-bond donors (Lipinski definition) is 2. The SMILES string of the molecule is CN=C(NCc1ncnn1C)NC(C)c1ccccc1Br. The van der Waals surface area contributed by atoms with Crippen LogP contribution in [0, 0.1) is 0 Å². The van der Waals surface area contributed by atoms with E-state index in [0.717, 1.165) is 16.3 Å². The summed E-state index contributed by atoms with van der Waals surface area (Å²) < 4.78 is 2.81. The van der Waals surface area contributed by atoms with Crippen LogP contribution in [0.3, 0.4) is 0 Å². The van der Waals surface area contributed by atoms with Gasteiger partial charge in [-0.3, -0.25) is 9.67 Å². The van der Waals surface area contributed by atoms with Crippen molar-refractivity contribution < 1.29 is 0 Å². The molecule has 1 unspecified atom stereocenters. The second kappa shape index (κ2) is 7.21. The Morgan fingerprint density at radius 2 is 2.19 bits per heavy atom. The predicted octanol–water partition coefficient (Wildman–Crippen LogP) is 2.00. The number of nitrogens with zero attached hydrogens (tertiary/aromatic N) is 4. The number of halogens is 1. The van der Waals surface area contributed by atoms with Crippen molar-refractivity contribution in [3.05, 3.63) is 46.5 Å². The van der Waals surface area contributed by atoms with Gasteiger partial charge in [-0.2, -0.15) is 5.10 Å². The average molecular weight is 351 g/mol. The van der Waals surface area contributed by atoms with Crippen LogP contribution in [0.1, 0.15) is 24.4 Å². The lowest BCUT2D eigenvalue weighted by atomic mass is 10.1. The minimum Gasteiger partial charge on any atom is -0.350 e. The number of aromatic nitrogens is 3. The Bertz CT molecular complexity index is 621. The Morgan fingerprint density at radius 1 is 1.43 bits per heavy atom. The summed E-state index contributed by atoms with van der Waals surface area (Å²) in [4.78, 5) is 8.41. The summed E-state index contributed by atoms with van der Waals surface area (Å²) in [6.45, 7) is 2.66. The molecule has 1 atom stereocenters. The van der Waals surface area contributed by atoms with Crippen LogP contribution in [0.2, 0.25) is 0 Å². The number of aliphatic imine (C=N–C) groups is 1. The van der Waals surface area contributed by atoms with Crippen molar-refractivity contribution in [2.24, 2.45) is 12.0 Å². The molecule has 2 N–H and O–H groups in total. The van der Waals surface area contributed by atoms with E-state index < -0.39 is 0 Å². The molecule has 0 bridgehead atoms. The monoisotopic (exact) mass is 350 g/mol. The first-order valence-electron chi connectivity index (χ1n) is 6.66. The maximum atomic E-state index is 4.23. The highest BCUT2D eigenvalue weighted by Crippen LogP contribution is 2.22. The summed E-state index contributed by atoms with van der Waals surface area (Å²) in [6.07, 6.45) is 1.54. The van der Waals surface area contributed by atoms with E-state index in [4.69, 9.17) is 0 Å². The third-order valence-electron chi connectivity index (χ3n) is 3.17. The maximum Gasteiger partial charge on any atom is 0.191 e. The van der Waals surface area contributed by atoms with Gasteiger partial charge in [0.15, 0.2) is 5.96 Å². The van der Waals surface area contributed by atoms with Crippen molar-refractivity contribution in [2.45, 2.75) is 19.5 Å². The minimum absolute atomic E-state index is 0.131. The van der Waals surface area contributed by atoms with Crippen LogP contribution >= 0.6 is 15.9 Å². The summed E-state index contributed by atoms with van der Waals surface area (Å²) in [6, 6.07) is 8.27. The third-order valence-corrected chi connectivity index (χ3v) is 3.89. The molecular formula is C14H19BrN6. The van der Waals surface area contributed by atoms with Gasteiger partial charge in [0, 0.05) is 18.6 Å². The molecule has 0 spiro atoms. The molecule has 1 aromatic carbocycles. The van der Waals surface area contributed by atoms with E-state index in [9.17, 15) is 0 Å². The zero-order chi connectivity index (χ0) is 15.2. The molecule has 2 aromatic rings. The molecule has 0 radical (unpaired) electrons. The molecule has 112 valence electrons. The minimum atomic E-state index is 0.131. The number of benzene rings is 1. The van der Waals surface area contributed by atoms with Crippen LogP contribution < -0.4 is 10.6 Å². The highest BCUT2D eigenvalue weighted by Gasteiger charge is 2.11. The van der Waals surface area contributed by atoms with E-state index in [1.54, 1.807) is 11.7 Å². The number of nitrogens with one attached hydrogen (secondary N) is 2. The molecule has 2 rings (SSSR count). The Hall–Kier alpha value is -1.89. The lowest BCUT2D eigenvalue weighted by Gasteiger charge is -2.19. The molecule has 0 aliphatic carbocycles. The zero-order valence-electron chi connectivity index (χ0n) is 12.3. The van der Waals surface area contributed by atoms with E-state index >= 15 is 0 Å². The lowest BCUT2D eigenvalue weighted by molar-refractivity contribution is 0.650. The molecule has 0 amide bonds. The third kappa shape index (κ3) is 4.04. The Morgan fingerprint density at radius 3 is 2.81 bits per heavy atom. The quantitative estimate of drug-likeness (QED) is 0.653. The van der Waals surface area contributed by atoms with Gasteiger partial charge in [0.1, 0.15) is 12.2 Å². The van der Waals surface area contributed by atoms with Crippen molar-refractivity contribution in [3.63, 3.8) is 0 Å². The largest absolute Gasteiger partial charge is 0.350 e. The van der Waals surface area contributed by atoms with Gasteiger partial charge in [0.25, 0.3) is 0 Å². The van der Waals surface area contributed by atoms with E-state index in [0.29, 0.717) is 6.54 Å². The molecule has 6 nitrogen and oxygen atoms in total. The van der Waals surface area contributed by atoms with E-state index in [-0.39, 0.29) is 6.04 Å². The summed E-state index contributed by atoms with van der Waals surface area (Å²) >= 11 is 3.57. The Balaban J connectivity index is 1.97. The molecule has 0 aliphatic rings. The summed E-state index contributed by atoms with van der Waals surface area (Å²) in [5.74, 6) is 1.58. The van der Waals surface area contributed by atoms with Gasteiger partial charge in [0.05, 0.1) is 12.6 Å². The van der Waals surface area contributed by atoms with Crippen molar-refractivity contribution in [3.8, 4) is 0 Å². The molecule has 0 aliphatic heterocycles. The Kier molecular flexibility index (Phi) is 5.32. The first-order chi connectivity index (χ1) is 10.1. The predicted molar refractivity (Wildman–Crippen MR) is 86.9 cm³/mol. The second-order valence-electron chi connectivity index (χ2n) is 4.61. The van der Waals surface area contributed by atoms with Gasteiger partial charge in [-0.05, 0) is 18.6 Å². The summed E-state index contributed by atoms with van der Waals surface area (Å²) in [5, 5.41) is 10.6. The highest BCUT2D eigenvalue weighted by molar-refractivity contribution is 9.10. The normalized spacial score (nSPS) is 13.0. The standard InChI is InChI=1S/C14H19BrN6/c1-10(11-6-4-5-7-12(11)15)20-14(16-2)17-8-13-18-9-19-21(13)3/h4-7,9-10H,8H2,1-3H3,(H2,16,17,20). The van der Waals surface area contributed by atoms with Crippen LogP contribution in [0.5, 0.6) is 0 Å². The molecule has 7 heteroatoms. The van der Waals surface area contributed by atoms with Crippen molar-refractivity contribution in [2.75, 3.05) is 7.05 Å². The fraction of sp³-hybridized carbons (Fsp3) is 0.357. The van der Waals surface area contributed by atoms with Gasteiger partial charge in [0.2, 0.25) is 0 Å². The molecule has 0 fully saturated rings. The topological polar surface area (TPSA) is 67.1 Å². The van der Waals surface area contributed by atoms with Crippen LogP contribution in [-0.2, 0) is 13.6 Å². The molecule has 21 heavy (non-hydrogen) atoms. The fourth-order valence-electron chi connectivity index (χ4n) is 1.95. The second-order valence-corrected chi connectivity index (χ2v) is 5.47. The van der Waals surface area contributed by atoms with Crippen LogP contribution in [0.25, 0.3) is 0 Å². The van der Waals surface area contributed by atoms with Gasteiger partial charge >= 0.3 is 0 Å². The fourth-order valence-corrected chi connectivity index (χ4v) is 2.57. The van der Waals surface area contributed by atoms with Crippen LogP contribution in [0.4, 0.5) is 0 Å². The van der Waals surface area contributed by atoms with Crippen LogP contribution in [0.15, 0.2) is 40.1 Å². The van der Waals surface area contributed by atoms with Gasteiger partial charge < -0.3 is 10.6 Å². The molecule has 1 aromatic heterocycles. The van der Waals surface area contributed by atoms with E-state index in [1.807, 2.05) is 25.2 Å². The number of rotatable bonds is 4. The molecule has 1 heterocycles. The zero-order valence-corrected chi connectivity index (χ0v) is 13.9. The van der Waals surface area contributed by atoms with Crippen molar-refractivity contribution in [1.82, 2.24) is 25.4 Å². The summed E-state index contributed by atoms with van der Waals surface area (Å²) in [7, 11) is 3.61. The Labute approximate surface area is 132 Å². The van der Waals surface area contributed by atoms with Crippen LogP contribution in [-0.4, -0.2) is 27.8 Å². The lowest BCUT2D eigenvalue weighted by Crippen LogP contribution is -2.38. The van der Waals surface area contributed by atoms with Gasteiger partial charge in [-0.25, -0.2) is 4.98 Å². The number of hydrogen-bond acceptors (Lipinski definition) is 3. The first kappa shape index (κ1) is 15.5. The van der Waals surface area contributed by atoms with Gasteiger partial charge in [-0.15, -0.1) is 0 Å². The van der Waals surface area contributed by atoms with E-state index in [2.05, 4.69) is 54.6 Å². The van der Waals surface area contributed by atoms with Crippen molar-refractivity contribution >= 4 is 21.9 Å². The smallest absolute Gasteiger partial charge is 0.191 e. The molecular weight excluding hydrogens is 332 g/mol. The molecule has 0 saturated carbocycles. The van der Waals surface area contributed by atoms with Crippen molar-refractivity contribution in [1.29, 1.82) is 0 Å². The average Bonchev–Trinajstić information content (AvgIpc) is 2.89. The maximum absolute atomic E-state index is 4.23. The number of guanidine groups is 1. The number of aryl methyl sites for hydroxylation is 1. The van der Waals surface area contributed by atoms with E-state index in [1.165, 1.54) is 11.9 Å². The van der Waals surface area contributed by atoms with Gasteiger partial charge in [-0.1, -0.05) is 34.1 Å².